The van der Waals surface area contributed by atoms with Gasteiger partial charge in [0.2, 0.25) is 0 Å². The molecule has 1 N–H and O–H groups in total. The Kier molecular flexibility index (Phi) is 4.46. The SMILES string of the molecule is CCc1nc(C(C)(CC)OC)nc(NC)c1C. The molecule has 1 unspecified atom stereocenters. The predicted octanol–water partition coefficient (Wildman–Crippen LogP) is 2.66. The Bertz CT molecular complexity index is 361. The highest BCUT2D eigenvalue weighted by molar-refractivity contribution is 5.45. The number of anilines is 1. The van der Waals surface area contributed by atoms with Gasteiger partial charge in [0.1, 0.15) is 11.4 Å². The maximum atomic E-state index is 5.56. The van der Waals surface area contributed by atoms with E-state index in [9.17, 15) is 0 Å². The lowest BCUT2D eigenvalue weighted by atomic mass is 10.0. The number of hydrogen-bond acceptors (Lipinski definition) is 4. The highest BCUT2D eigenvalue weighted by Crippen LogP contribution is 2.28. The number of hydrogen-bond donors (Lipinski definition) is 1. The molecule has 0 bridgehead atoms. The molecule has 4 heteroatoms. The Labute approximate surface area is 104 Å². The lowest BCUT2D eigenvalue weighted by Gasteiger charge is -2.26. The minimum Gasteiger partial charge on any atom is -0.373 e. The Hall–Kier alpha value is -1.16. The summed E-state index contributed by atoms with van der Waals surface area (Å²) in [4.78, 5) is 9.20. The number of aromatic nitrogens is 2. The normalized spacial score (nSPS) is 14.5. The average Bonchev–Trinajstić information content (AvgIpc) is 2.38. The van der Waals surface area contributed by atoms with Crippen molar-refractivity contribution in [1.29, 1.82) is 0 Å². The van der Waals surface area contributed by atoms with Crippen molar-refractivity contribution in [3.05, 3.63) is 17.1 Å². The largest absolute Gasteiger partial charge is 0.373 e. The van der Waals surface area contributed by atoms with Gasteiger partial charge in [-0.1, -0.05) is 13.8 Å². The van der Waals surface area contributed by atoms with Crippen molar-refractivity contribution in [1.82, 2.24) is 9.97 Å². The van der Waals surface area contributed by atoms with Gasteiger partial charge in [0.05, 0.1) is 0 Å². The zero-order chi connectivity index (χ0) is 13.1. The molecule has 1 atom stereocenters. The molecule has 0 aliphatic heterocycles. The fourth-order valence-electron chi connectivity index (χ4n) is 1.78. The van der Waals surface area contributed by atoms with E-state index in [1.807, 2.05) is 20.9 Å². The van der Waals surface area contributed by atoms with Crippen LogP contribution in [0.25, 0.3) is 0 Å². The molecule has 1 rings (SSSR count). The molecule has 0 saturated carbocycles. The molecular weight excluding hydrogens is 214 g/mol. The summed E-state index contributed by atoms with van der Waals surface area (Å²) in [5, 5.41) is 3.12. The minimum atomic E-state index is -0.413. The molecule has 0 aromatic carbocycles. The van der Waals surface area contributed by atoms with E-state index < -0.39 is 5.60 Å². The smallest absolute Gasteiger partial charge is 0.162 e. The zero-order valence-corrected chi connectivity index (χ0v) is 11.7. The highest BCUT2D eigenvalue weighted by Gasteiger charge is 2.28. The average molecular weight is 237 g/mol. The van der Waals surface area contributed by atoms with Gasteiger partial charge in [0, 0.05) is 25.4 Å². The van der Waals surface area contributed by atoms with Crippen LogP contribution < -0.4 is 5.32 Å². The number of ether oxygens (including phenoxy) is 1. The molecule has 0 spiro atoms. The third kappa shape index (κ3) is 2.57. The Balaban J connectivity index is 3.35. The molecule has 1 aromatic rings. The van der Waals surface area contributed by atoms with Gasteiger partial charge in [0.15, 0.2) is 5.82 Å². The van der Waals surface area contributed by atoms with Gasteiger partial charge in [0.25, 0.3) is 0 Å². The van der Waals surface area contributed by atoms with Crippen LogP contribution in [-0.4, -0.2) is 24.1 Å². The second-order valence-electron chi connectivity index (χ2n) is 4.36. The lowest BCUT2D eigenvalue weighted by molar-refractivity contribution is -0.00905. The third-order valence-corrected chi connectivity index (χ3v) is 3.42. The van der Waals surface area contributed by atoms with Crippen LogP contribution in [0.4, 0.5) is 5.82 Å². The van der Waals surface area contributed by atoms with Gasteiger partial charge < -0.3 is 10.1 Å². The van der Waals surface area contributed by atoms with Gasteiger partial charge in [-0.15, -0.1) is 0 Å². The van der Waals surface area contributed by atoms with E-state index >= 15 is 0 Å². The van der Waals surface area contributed by atoms with E-state index in [-0.39, 0.29) is 0 Å². The summed E-state index contributed by atoms with van der Waals surface area (Å²) in [6.07, 6.45) is 1.75. The van der Waals surface area contributed by atoms with Crippen LogP contribution in [0.5, 0.6) is 0 Å². The maximum absolute atomic E-state index is 5.56. The molecule has 4 nitrogen and oxygen atoms in total. The van der Waals surface area contributed by atoms with Crippen molar-refractivity contribution in [3.8, 4) is 0 Å². The topological polar surface area (TPSA) is 47.0 Å². The van der Waals surface area contributed by atoms with Crippen molar-refractivity contribution in [2.75, 3.05) is 19.5 Å². The second kappa shape index (κ2) is 5.45. The predicted molar refractivity (Wildman–Crippen MR) is 70.3 cm³/mol. The molecule has 17 heavy (non-hydrogen) atoms. The third-order valence-electron chi connectivity index (χ3n) is 3.42. The van der Waals surface area contributed by atoms with Crippen LogP contribution in [0.1, 0.15) is 44.3 Å². The van der Waals surface area contributed by atoms with Crippen LogP contribution in [0.3, 0.4) is 0 Å². The van der Waals surface area contributed by atoms with Crippen molar-refractivity contribution >= 4 is 5.82 Å². The Morgan fingerprint density at radius 3 is 2.35 bits per heavy atom. The van der Waals surface area contributed by atoms with E-state index in [1.54, 1.807) is 7.11 Å². The van der Waals surface area contributed by atoms with Gasteiger partial charge in [-0.25, -0.2) is 9.97 Å². The van der Waals surface area contributed by atoms with Crippen LogP contribution in [0, 0.1) is 6.92 Å². The lowest BCUT2D eigenvalue weighted by Crippen LogP contribution is -2.27. The first-order valence-electron chi connectivity index (χ1n) is 6.13. The number of nitrogens with zero attached hydrogens (tertiary/aromatic N) is 2. The highest BCUT2D eigenvalue weighted by atomic mass is 16.5. The Morgan fingerprint density at radius 1 is 1.29 bits per heavy atom. The van der Waals surface area contributed by atoms with Gasteiger partial charge in [-0.05, 0) is 26.7 Å². The van der Waals surface area contributed by atoms with Gasteiger partial charge in [-0.2, -0.15) is 0 Å². The standard InChI is InChI=1S/C13H23N3O/c1-7-10-9(3)11(14-5)16-12(15-10)13(4,8-2)17-6/h7-8H2,1-6H3,(H,14,15,16). The summed E-state index contributed by atoms with van der Waals surface area (Å²) in [7, 11) is 3.59. The quantitative estimate of drug-likeness (QED) is 0.855. The monoisotopic (exact) mass is 237 g/mol. The van der Waals surface area contributed by atoms with Crippen molar-refractivity contribution in [2.24, 2.45) is 0 Å². The summed E-state index contributed by atoms with van der Waals surface area (Å²) in [5.41, 5.74) is 1.79. The number of aryl methyl sites for hydroxylation is 1. The van der Waals surface area contributed by atoms with E-state index in [0.29, 0.717) is 0 Å². The van der Waals surface area contributed by atoms with Crippen molar-refractivity contribution in [2.45, 2.75) is 46.1 Å². The van der Waals surface area contributed by atoms with E-state index in [0.717, 1.165) is 35.7 Å². The summed E-state index contributed by atoms with van der Waals surface area (Å²) in [6, 6.07) is 0. The van der Waals surface area contributed by atoms with Gasteiger partial charge in [-0.3, -0.25) is 0 Å². The van der Waals surface area contributed by atoms with E-state index in [2.05, 4.69) is 29.1 Å². The fraction of sp³-hybridized carbons (Fsp3) is 0.692. The molecule has 0 saturated heterocycles. The first-order valence-corrected chi connectivity index (χ1v) is 6.13. The Morgan fingerprint density at radius 2 is 1.94 bits per heavy atom. The van der Waals surface area contributed by atoms with Crippen molar-refractivity contribution in [3.63, 3.8) is 0 Å². The minimum absolute atomic E-state index is 0.413. The molecular formula is C13H23N3O. The molecule has 0 amide bonds. The molecule has 0 aliphatic carbocycles. The fourth-order valence-corrected chi connectivity index (χ4v) is 1.78. The van der Waals surface area contributed by atoms with Crippen molar-refractivity contribution < 1.29 is 4.74 Å². The second-order valence-corrected chi connectivity index (χ2v) is 4.36. The zero-order valence-electron chi connectivity index (χ0n) is 11.7. The van der Waals surface area contributed by atoms with Gasteiger partial charge >= 0.3 is 0 Å². The first-order chi connectivity index (χ1) is 8.02. The molecule has 1 heterocycles. The molecule has 1 aromatic heterocycles. The number of rotatable bonds is 5. The van der Waals surface area contributed by atoms with Crippen LogP contribution in [0.2, 0.25) is 0 Å². The van der Waals surface area contributed by atoms with Crippen LogP contribution in [-0.2, 0) is 16.8 Å². The first kappa shape index (κ1) is 13.9. The molecule has 0 radical (unpaired) electrons. The molecule has 0 fully saturated rings. The summed E-state index contributed by atoms with van der Waals surface area (Å²) < 4.78 is 5.56. The number of nitrogens with one attached hydrogen (secondary N) is 1. The van der Waals surface area contributed by atoms with Crippen LogP contribution in [0.15, 0.2) is 0 Å². The van der Waals surface area contributed by atoms with Crippen LogP contribution >= 0.6 is 0 Å². The number of methoxy groups -OCH3 is 1. The van der Waals surface area contributed by atoms with E-state index in [4.69, 9.17) is 4.74 Å². The maximum Gasteiger partial charge on any atom is 0.162 e. The molecule has 96 valence electrons. The summed E-state index contributed by atoms with van der Waals surface area (Å²) in [5.74, 6) is 1.65. The summed E-state index contributed by atoms with van der Waals surface area (Å²) >= 11 is 0. The summed E-state index contributed by atoms with van der Waals surface area (Å²) in [6.45, 7) is 8.26. The molecule has 0 aliphatic rings. The van der Waals surface area contributed by atoms with E-state index in [1.165, 1.54) is 0 Å².